The third-order valence-electron chi connectivity index (χ3n) is 6.55. The monoisotopic (exact) mass is 590 g/mol. The fourth-order valence-electron chi connectivity index (χ4n) is 4.53. The fourth-order valence-corrected chi connectivity index (χ4v) is 4.78. The minimum Gasteiger partial charge on any atom is -0.364 e. The van der Waals surface area contributed by atoms with Crippen molar-refractivity contribution in [1.82, 2.24) is 14.7 Å². The van der Waals surface area contributed by atoms with Gasteiger partial charge in [0.1, 0.15) is 18.8 Å². The van der Waals surface area contributed by atoms with Crippen molar-refractivity contribution in [3.8, 4) is 11.1 Å². The molecular formula is C27H23ClF4N6O3. The van der Waals surface area contributed by atoms with Crippen LogP contribution in [0.2, 0.25) is 5.02 Å². The number of hydrogen-bond donors (Lipinski definition) is 2. The van der Waals surface area contributed by atoms with E-state index in [0.717, 1.165) is 11.0 Å². The van der Waals surface area contributed by atoms with E-state index in [9.17, 15) is 27.6 Å². The second kappa shape index (κ2) is 11.9. The van der Waals surface area contributed by atoms with Gasteiger partial charge in [-0.1, -0.05) is 23.7 Å². The molecule has 1 fully saturated rings. The Kier molecular flexibility index (Phi) is 8.57. The lowest BCUT2D eigenvalue weighted by molar-refractivity contribution is -0.137. The van der Waals surface area contributed by atoms with Crippen LogP contribution in [-0.2, 0) is 16.1 Å². The van der Waals surface area contributed by atoms with Gasteiger partial charge in [0.05, 0.1) is 17.3 Å². The summed E-state index contributed by atoms with van der Waals surface area (Å²) in [5.41, 5.74) is 5.26. The highest BCUT2D eigenvalue weighted by Crippen LogP contribution is 2.34. The van der Waals surface area contributed by atoms with Crippen molar-refractivity contribution in [3.63, 3.8) is 0 Å². The van der Waals surface area contributed by atoms with E-state index in [1.807, 2.05) is 0 Å². The van der Waals surface area contributed by atoms with Crippen LogP contribution in [0.3, 0.4) is 0 Å². The van der Waals surface area contributed by atoms with Gasteiger partial charge in [-0.15, -0.1) is 0 Å². The number of likely N-dealkylation sites (tertiary alicyclic amines) is 1. The van der Waals surface area contributed by atoms with Crippen LogP contribution in [0.4, 0.5) is 23.2 Å². The van der Waals surface area contributed by atoms with Crippen molar-refractivity contribution < 1.29 is 31.9 Å². The summed E-state index contributed by atoms with van der Waals surface area (Å²) >= 11 is 5.98. The summed E-state index contributed by atoms with van der Waals surface area (Å²) in [4.78, 5) is 42.7. The number of carbonyl (C=O) groups is 3. The maximum Gasteiger partial charge on any atom is 0.269 e. The summed E-state index contributed by atoms with van der Waals surface area (Å²) in [6.45, 7) is 4.04. The normalized spacial score (nSPS) is 16.8. The standard InChI is InChI=1S/C27H23ClF4N6O3/c1-13-15(6-7-34-2)25(26(33)40)36-38(13)12-23(39)37-11-14(29)8-22(37)27(41)35-21-5-3-4-16(24(21)32)17-9-19(30)20(31)10-18(17)28/h3-7,9-10,14,22H,2,8,11-12H2,1H3,(H2,33,40)(H,35,41)/b7-6-/t14-,22+/m1/s1. The minimum absolute atomic E-state index is 0.120. The first kappa shape index (κ1) is 29.5. The van der Waals surface area contributed by atoms with Gasteiger partial charge in [0, 0.05) is 35.0 Å². The first-order valence-corrected chi connectivity index (χ1v) is 12.5. The molecule has 2 atom stereocenters. The molecule has 0 spiro atoms. The molecule has 3 N–H and O–H groups in total. The Morgan fingerprint density at radius 2 is 1.93 bits per heavy atom. The zero-order valence-electron chi connectivity index (χ0n) is 21.5. The van der Waals surface area contributed by atoms with Crippen LogP contribution in [0.25, 0.3) is 17.2 Å². The van der Waals surface area contributed by atoms with E-state index in [1.54, 1.807) is 6.92 Å². The van der Waals surface area contributed by atoms with Gasteiger partial charge in [-0.05, 0) is 37.9 Å². The maximum atomic E-state index is 15.4. The number of nitrogens with one attached hydrogen (secondary N) is 1. The lowest BCUT2D eigenvalue weighted by atomic mass is 10.0. The van der Waals surface area contributed by atoms with E-state index < -0.39 is 60.5 Å². The van der Waals surface area contributed by atoms with Crippen molar-refractivity contribution in [2.24, 2.45) is 10.7 Å². The highest BCUT2D eigenvalue weighted by atomic mass is 35.5. The summed E-state index contributed by atoms with van der Waals surface area (Å²) in [5.74, 6) is -5.87. The van der Waals surface area contributed by atoms with E-state index >= 15 is 4.39 Å². The van der Waals surface area contributed by atoms with Crippen LogP contribution in [0.5, 0.6) is 0 Å². The lowest BCUT2D eigenvalue weighted by Crippen LogP contribution is -2.44. The molecule has 1 aliphatic heterocycles. The SMILES string of the molecule is C=N/C=C\c1c(C(N)=O)nn(CC(=O)N2C[C@H](F)C[C@H]2C(=O)Nc2cccc(-c3cc(F)c(F)cc3Cl)c2F)c1C. The first-order chi connectivity index (χ1) is 19.4. The number of carbonyl (C=O) groups excluding carboxylic acids is 3. The smallest absolute Gasteiger partial charge is 0.269 e. The Morgan fingerprint density at radius 3 is 2.61 bits per heavy atom. The van der Waals surface area contributed by atoms with Gasteiger partial charge in [0.15, 0.2) is 23.1 Å². The summed E-state index contributed by atoms with van der Waals surface area (Å²) in [6, 6.07) is 3.94. The Labute approximate surface area is 236 Å². The second-order valence-corrected chi connectivity index (χ2v) is 9.57. The summed E-state index contributed by atoms with van der Waals surface area (Å²) in [5, 5.41) is 6.16. The number of hydrogen-bond acceptors (Lipinski definition) is 5. The van der Waals surface area contributed by atoms with Crippen LogP contribution in [0.15, 0.2) is 41.5 Å². The van der Waals surface area contributed by atoms with Crippen LogP contribution in [-0.4, -0.2) is 57.9 Å². The number of alkyl halides is 1. The highest BCUT2D eigenvalue weighted by molar-refractivity contribution is 6.33. The molecule has 2 heterocycles. The Bertz CT molecular complexity index is 1590. The molecule has 41 heavy (non-hydrogen) atoms. The summed E-state index contributed by atoms with van der Waals surface area (Å²) in [7, 11) is 0. The second-order valence-electron chi connectivity index (χ2n) is 9.17. The number of primary amides is 1. The number of amides is 3. The van der Waals surface area contributed by atoms with E-state index in [1.165, 1.54) is 35.2 Å². The topological polar surface area (TPSA) is 123 Å². The average molecular weight is 591 g/mol. The third-order valence-corrected chi connectivity index (χ3v) is 6.86. The van der Waals surface area contributed by atoms with E-state index in [-0.39, 0.29) is 34.0 Å². The van der Waals surface area contributed by atoms with Crippen molar-refractivity contribution in [3.05, 3.63) is 76.0 Å². The average Bonchev–Trinajstić information content (AvgIpc) is 3.46. The van der Waals surface area contributed by atoms with Crippen LogP contribution in [0.1, 0.15) is 28.2 Å². The molecule has 0 saturated carbocycles. The number of aliphatic imine (C=N–C) groups is 1. The number of nitrogens with zero attached hydrogens (tertiary/aromatic N) is 4. The molecular weight excluding hydrogens is 568 g/mol. The molecule has 0 aliphatic carbocycles. The van der Waals surface area contributed by atoms with Gasteiger partial charge in [-0.25, -0.2) is 17.6 Å². The molecule has 9 nitrogen and oxygen atoms in total. The minimum atomic E-state index is -1.54. The highest BCUT2D eigenvalue weighted by Gasteiger charge is 2.40. The van der Waals surface area contributed by atoms with E-state index in [2.05, 4.69) is 22.1 Å². The summed E-state index contributed by atoms with van der Waals surface area (Å²) in [6.07, 6.45) is 0.864. The zero-order chi connectivity index (χ0) is 30.0. The van der Waals surface area contributed by atoms with Gasteiger partial charge >= 0.3 is 0 Å². The molecule has 2 aromatic carbocycles. The zero-order valence-corrected chi connectivity index (χ0v) is 22.3. The fraction of sp³-hybridized carbons (Fsp3) is 0.222. The van der Waals surface area contributed by atoms with Crippen LogP contribution in [0, 0.1) is 24.4 Å². The lowest BCUT2D eigenvalue weighted by Gasteiger charge is -2.24. The molecule has 0 bridgehead atoms. The number of benzene rings is 2. The predicted octanol–water partition coefficient (Wildman–Crippen LogP) is 4.28. The molecule has 4 rings (SSSR count). The predicted molar refractivity (Wildman–Crippen MR) is 144 cm³/mol. The van der Waals surface area contributed by atoms with E-state index in [4.69, 9.17) is 17.3 Å². The van der Waals surface area contributed by atoms with Gasteiger partial charge < -0.3 is 16.0 Å². The Hall–Kier alpha value is -4.52. The third kappa shape index (κ3) is 5.99. The van der Waals surface area contributed by atoms with E-state index in [0.29, 0.717) is 17.3 Å². The summed E-state index contributed by atoms with van der Waals surface area (Å²) < 4.78 is 58.3. The van der Waals surface area contributed by atoms with Crippen molar-refractivity contribution >= 4 is 47.8 Å². The van der Waals surface area contributed by atoms with Crippen molar-refractivity contribution in [2.45, 2.75) is 32.1 Å². The van der Waals surface area contributed by atoms with Crippen LogP contribution < -0.4 is 11.1 Å². The Balaban J connectivity index is 1.57. The van der Waals surface area contributed by atoms with Gasteiger partial charge in [-0.3, -0.25) is 24.1 Å². The number of aromatic nitrogens is 2. The van der Waals surface area contributed by atoms with Crippen molar-refractivity contribution in [1.29, 1.82) is 0 Å². The number of halogens is 5. The van der Waals surface area contributed by atoms with Crippen molar-refractivity contribution in [2.75, 3.05) is 11.9 Å². The molecule has 3 aromatic rings. The first-order valence-electron chi connectivity index (χ1n) is 12.1. The molecule has 1 aromatic heterocycles. The molecule has 3 amide bonds. The molecule has 214 valence electrons. The number of anilines is 1. The quantitative estimate of drug-likeness (QED) is 0.231. The molecule has 0 unspecified atom stereocenters. The molecule has 0 radical (unpaired) electrons. The van der Waals surface area contributed by atoms with Gasteiger partial charge in [-0.2, -0.15) is 5.10 Å². The number of rotatable bonds is 8. The van der Waals surface area contributed by atoms with Gasteiger partial charge in [0.2, 0.25) is 11.8 Å². The largest absolute Gasteiger partial charge is 0.364 e. The maximum absolute atomic E-state index is 15.4. The molecule has 1 saturated heterocycles. The molecule has 14 heteroatoms. The van der Waals surface area contributed by atoms with Crippen LogP contribution >= 0.6 is 11.6 Å². The van der Waals surface area contributed by atoms with Gasteiger partial charge in [0.25, 0.3) is 5.91 Å². The Morgan fingerprint density at radius 1 is 1.22 bits per heavy atom. The number of nitrogens with two attached hydrogens (primary N) is 1. The molecule has 1 aliphatic rings.